The third kappa shape index (κ3) is 2.36. The second kappa shape index (κ2) is 4.29. The largest absolute Gasteiger partial charge is 0.370 e. The molecule has 1 unspecified atom stereocenters. The lowest BCUT2D eigenvalue weighted by Gasteiger charge is -2.31. The van der Waals surface area contributed by atoms with Gasteiger partial charge in [0.1, 0.15) is 0 Å². The van der Waals surface area contributed by atoms with Crippen molar-refractivity contribution >= 4 is 6.21 Å². The molecule has 2 nitrogen and oxygen atoms in total. The van der Waals surface area contributed by atoms with Crippen LogP contribution in [0.25, 0.3) is 0 Å². The van der Waals surface area contributed by atoms with Crippen LogP contribution in [0.3, 0.4) is 0 Å². The summed E-state index contributed by atoms with van der Waals surface area (Å²) in [5.74, 6) is 0. The van der Waals surface area contributed by atoms with Gasteiger partial charge < -0.3 is 4.90 Å². The van der Waals surface area contributed by atoms with Crippen LogP contribution in [0, 0.1) is 0 Å². The molecule has 0 bridgehead atoms. The molecule has 0 aromatic heterocycles. The average Bonchev–Trinajstić information content (AvgIpc) is 2.07. The minimum Gasteiger partial charge on any atom is -0.370 e. The van der Waals surface area contributed by atoms with E-state index in [9.17, 15) is 0 Å². The van der Waals surface area contributed by atoms with E-state index in [4.69, 9.17) is 0 Å². The predicted octanol–water partition coefficient (Wildman–Crippen LogP) is 2.08. The number of allylic oxidation sites excluding steroid dienone is 1. The summed E-state index contributed by atoms with van der Waals surface area (Å²) in [4.78, 5) is 6.35. The standard InChI is InChI=1S/C10H18N2/c1-9-4-5-10(2)12(8-9)7-6-11-3/h6,8,10H,4-5,7H2,1-3H3. The van der Waals surface area contributed by atoms with Gasteiger partial charge in [-0.1, -0.05) is 5.57 Å². The highest BCUT2D eigenvalue weighted by molar-refractivity contribution is 5.59. The lowest BCUT2D eigenvalue weighted by atomic mass is 10.0. The van der Waals surface area contributed by atoms with Gasteiger partial charge in [-0.15, -0.1) is 0 Å². The summed E-state index contributed by atoms with van der Waals surface area (Å²) in [6.45, 7) is 5.42. The van der Waals surface area contributed by atoms with E-state index < -0.39 is 0 Å². The van der Waals surface area contributed by atoms with Gasteiger partial charge in [-0.25, -0.2) is 0 Å². The molecule has 68 valence electrons. The number of aliphatic imine (C=N–C) groups is 1. The van der Waals surface area contributed by atoms with Crippen molar-refractivity contribution in [2.45, 2.75) is 32.7 Å². The Labute approximate surface area is 75.0 Å². The van der Waals surface area contributed by atoms with E-state index in [0.29, 0.717) is 6.04 Å². The molecule has 1 atom stereocenters. The van der Waals surface area contributed by atoms with Crippen LogP contribution in [-0.4, -0.2) is 30.7 Å². The van der Waals surface area contributed by atoms with Crippen LogP contribution < -0.4 is 0 Å². The fourth-order valence-electron chi connectivity index (χ4n) is 1.49. The van der Waals surface area contributed by atoms with Crippen molar-refractivity contribution in [2.24, 2.45) is 4.99 Å². The van der Waals surface area contributed by atoms with Gasteiger partial charge in [-0.05, 0) is 32.9 Å². The summed E-state index contributed by atoms with van der Waals surface area (Å²) in [7, 11) is 1.82. The van der Waals surface area contributed by atoms with Crippen LogP contribution in [0.15, 0.2) is 16.8 Å². The second-order valence-electron chi connectivity index (χ2n) is 3.50. The van der Waals surface area contributed by atoms with Gasteiger partial charge in [0.25, 0.3) is 0 Å². The minimum absolute atomic E-state index is 0.673. The molecule has 0 amide bonds. The molecule has 2 heteroatoms. The molecule has 1 rings (SSSR count). The van der Waals surface area contributed by atoms with Crippen LogP contribution in [-0.2, 0) is 0 Å². The molecule has 0 saturated carbocycles. The zero-order valence-electron chi connectivity index (χ0n) is 8.25. The Morgan fingerprint density at radius 1 is 1.75 bits per heavy atom. The van der Waals surface area contributed by atoms with Gasteiger partial charge in [0.2, 0.25) is 0 Å². The first kappa shape index (κ1) is 9.30. The van der Waals surface area contributed by atoms with E-state index in [1.54, 1.807) is 0 Å². The molecule has 12 heavy (non-hydrogen) atoms. The molecule has 0 aromatic carbocycles. The lowest BCUT2D eigenvalue weighted by molar-refractivity contribution is 0.295. The Kier molecular flexibility index (Phi) is 3.32. The first-order valence-corrected chi connectivity index (χ1v) is 4.57. The highest BCUT2D eigenvalue weighted by atomic mass is 15.1. The maximum Gasteiger partial charge on any atom is 0.0525 e. The van der Waals surface area contributed by atoms with Gasteiger partial charge in [0, 0.05) is 19.3 Å². The van der Waals surface area contributed by atoms with Crippen molar-refractivity contribution in [3.8, 4) is 0 Å². The van der Waals surface area contributed by atoms with Gasteiger partial charge in [0.05, 0.1) is 6.54 Å². The van der Waals surface area contributed by atoms with Crippen LogP contribution in [0.2, 0.25) is 0 Å². The summed E-state index contributed by atoms with van der Waals surface area (Å²) in [6, 6.07) is 0.673. The molecule has 1 heterocycles. The highest BCUT2D eigenvalue weighted by Gasteiger charge is 2.13. The molecule has 0 aromatic rings. The lowest BCUT2D eigenvalue weighted by Crippen LogP contribution is -2.32. The monoisotopic (exact) mass is 166 g/mol. The third-order valence-corrected chi connectivity index (χ3v) is 2.38. The molecule has 0 fully saturated rings. The molecule has 0 spiro atoms. The van der Waals surface area contributed by atoms with E-state index in [-0.39, 0.29) is 0 Å². The number of nitrogens with zero attached hydrogens (tertiary/aromatic N) is 2. The zero-order valence-corrected chi connectivity index (χ0v) is 8.25. The van der Waals surface area contributed by atoms with Crippen molar-refractivity contribution in [1.82, 2.24) is 4.90 Å². The molecule has 1 aliphatic rings. The number of hydrogen-bond acceptors (Lipinski definition) is 2. The smallest absolute Gasteiger partial charge is 0.0525 e. The van der Waals surface area contributed by atoms with E-state index in [1.807, 2.05) is 13.3 Å². The third-order valence-electron chi connectivity index (χ3n) is 2.38. The summed E-state index contributed by atoms with van der Waals surface area (Å²) >= 11 is 0. The Bertz CT molecular complexity index is 194. The summed E-state index contributed by atoms with van der Waals surface area (Å²) in [5, 5.41) is 0. The summed E-state index contributed by atoms with van der Waals surface area (Å²) < 4.78 is 0. The second-order valence-corrected chi connectivity index (χ2v) is 3.50. The maximum absolute atomic E-state index is 3.99. The molecule has 0 aliphatic carbocycles. The molecule has 0 radical (unpaired) electrons. The van der Waals surface area contributed by atoms with Crippen LogP contribution in [0.1, 0.15) is 26.7 Å². The SMILES string of the molecule is CN=CCN1C=C(C)CCC1C. The first-order valence-electron chi connectivity index (χ1n) is 4.57. The molecule has 0 saturated heterocycles. The fraction of sp³-hybridized carbons (Fsp3) is 0.700. The van der Waals surface area contributed by atoms with Crippen molar-refractivity contribution in [2.75, 3.05) is 13.6 Å². The molecular weight excluding hydrogens is 148 g/mol. The van der Waals surface area contributed by atoms with Crippen molar-refractivity contribution in [3.05, 3.63) is 11.8 Å². The van der Waals surface area contributed by atoms with E-state index in [0.717, 1.165) is 6.54 Å². The topological polar surface area (TPSA) is 15.6 Å². The normalized spacial score (nSPS) is 24.8. The van der Waals surface area contributed by atoms with Crippen molar-refractivity contribution < 1.29 is 0 Å². The summed E-state index contributed by atoms with van der Waals surface area (Å²) in [5.41, 5.74) is 1.48. The van der Waals surface area contributed by atoms with Crippen LogP contribution in [0.4, 0.5) is 0 Å². The molecular formula is C10H18N2. The zero-order chi connectivity index (χ0) is 8.97. The van der Waals surface area contributed by atoms with Gasteiger partial charge in [-0.2, -0.15) is 0 Å². The first-order chi connectivity index (χ1) is 5.74. The molecule has 1 aliphatic heterocycles. The van der Waals surface area contributed by atoms with Crippen molar-refractivity contribution in [3.63, 3.8) is 0 Å². The van der Waals surface area contributed by atoms with E-state index in [1.165, 1.54) is 18.4 Å². The fourth-order valence-corrected chi connectivity index (χ4v) is 1.49. The van der Waals surface area contributed by atoms with Gasteiger partial charge >= 0.3 is 0 Å². The summed E-state index contributed by atoms with van der Waals surface area (Å²) in [6.07, 6.45) is 6.75. The average molecular weight is 166 g/mol. The number of rotatable bonds is 2. The Hall–Kier alpha value is -0.790. The van der Waals surface area contributed by atoms with Crippen LogP contribution >= 0.6 is 0 Å². The predicted molar refractivity (Wildman–Crippen MR) is 53.6 cm³/mol. The van der Waals surface area contributed by atoms with E-state index >= 15 is 0 Å². The van der Waals surface area contributed by atoms with Crippen molar-refractivity contribution in [1.29, 1.82) is 0 Å². The number of hydrogen-bond donors (Lipinski definition) is 0. The highest BCUT2D eigenvalue weighted by Crippen LogP contribution is 2.18. The van der Waals surface area contributed by atoms with Gasteiger partial charge in [-0.3, -0.25) is 4.99 Å². The van der Waals surface area contributed by atoms with Crippen LogP contribution in [0.5, 0.6) is 0 Å². The quantitative estimate of drug-likeness (QED) is 0.573. The molecule has 0 N–H and O–H groups in total. The van der Waals surface area contributed by atoms with Gasteiger partial charge in [0.15, 0.2) is 0 Å². The Morgan fingerprint density at radius 2 is 2.50 bits per heavy atom. The maximum atomic E-state index is 3.99. The Balaban J connectivity index is 2.54. The minimum atomic E-state index is 0.673. The Morgan fingerprint density at radius 3 is 3.17 bits per heavy atom. The van der Waals surface area contributed by atoms with E-state index in [2.05, 4.69) is 29.9 Å².